The van der Waals surface area contributed by atoms with Gasteiger partial charge in [-0.1, -0.05) is 13.3 Å². The minimum atomic E-state index is -3.08. The molecule has 0 amide bonds. The SMILES string of the molecule is CCC1CC1NS(=O)(=O)C1CCCNC1. The molecule has 3 unspecified atom stereocenters. The summed E-state index contributed by atoms with van der Waals surface area (Å²) in [6, 6.07) is 0.224. The normalized spacial score (nSPS) is 36.5. The molecule has 2 N–H and O–H groups in total. The van der Waals surface area contributed by atoms with Crippen molar-refractivity contribution in [2.24, 2.45) is 5.92 Å². The van der Waals surface area contributed by atoms with E-state index in [1.165, 1.54) is 0 Å². The second kappa shape index (κ2) is 4.39. The molecule has 1 heterocycles. The van der Waals surface area contributed by atoms with Gasteiger partial charge in [-0.05, 0) is 31.7 Å². The zero-order valence-corrected chi connectivity index (χ0v) is 10.0. The monoisotopic (exact) mass is 232 g/mol. The number of hydrogen-bond donors (Lipinski definition) is 2. The first-order valence-corrected chi connectivity index (χ1v) is 7.40. The van der Waals surface area contributed by atoms with Crippen molar-refractivity contribution in [3.63, 3.8) is 0 Å². The first-order valence-electron chi connectivity index (χ1n) is 5.85. The van der Waals surface area contributed by atoms with Crippen LogP contribution in [0.4, 0.5) is 0 Å². The number of rotatable bonds is 4. The molecule has 1 saturated heterocycles. The molecule has 0 aromatic heterocycles. The van der Waals surface area contributed by atoms with E-state index >= 15 is 0 Å². The molecule has 1 aliphatic carbocycles. The number of sulfonamides is 1. The van der Waals surface area contributed by atoms with Crippen molar-refractivity contribution < 1.29 is 8.42 Å². The molecule has 2 rings (SSSR count). The fourth-order valence-electron chi connectivity index (χ4n) is 2.24. The average Bonchev–Trinajstić information content (AvgIpc) is 2.97. The van der Waals surface area contributed by atoms with Crippen LogP contribution in [0.1, 0.15) is 32.6 Å². The van der Waals surface area contributed by atoms with Crippen LogP contribution in [0.2, 0.25) is 0 Å². The molecule has 4 nitrogen and oxygen atoms in total. The van der Waals surface area contributed by atoms with Crippen LogP contribution in [0.5, 0.6) is 0 Å². The third-order valence-corrected chi connectivity index (χ3v) is 5.36. The summed E-state index contributed by atoms with van der Waals surface area (Å²) in [5.74, 6) is 0.580. The van der Waals surface area contributed by atoms with E-state index in [0.717, 1.165) is 32.2 Å². The molecule has 0 radical (unpaired) electrons. The molecular weight excluding hydrogens is 212 g/mol. The molecule has 1 saturated carbocycles. The zero-order valence-electron chi connectivity index (χ0n) is 9.20. The minimum absolute atomic E-state index is 0.218. The molecule has 1 aliphatic heterocycles. The third kappa shape index (κ3) is 2.71. The number of hydrogen-bond acceptors (Lipinski definition) is 3. The second-order valence-corrected chi connectivity index (χ2v) is 6.63. The minimum Gasteiger partial charge on any atom is -0.315 e. The van der Waals surface area contributed by atoms with Crippen molar-refractivity contribution in [3.05, 3.63) is 0 Å². The van der Waals surface area contributed by atoms with Crippen LogP contribution in [0.3, 0.4) is 0 Å². The van der Waals surface area contributed by atoms with Gasteiger partial charge in [0.25, 0.3) is 0 Å². The molecule has 88 valence electrons. The summed E-state index contributed by atoms with van der Waals surface area (Å²) in [6.45, 7) is 3.67. The first-order chi connectivity index (χ1) is 7.13. The van der Waals surface area contributed by atoms with Gasteiger partial charge in [0.1, 0.15) is 0 Å². The summed E-state index contributed by atoms with van der Waals surface area (Å²) in [5.41, 5.74) is 0. The van der Waals surface area contributed by atoms with Gasteiger partial charge in [0.2, 0.25) is 10.0 Å². The van der Waals surface area contributed by atoms with E-state index in [1.807, 2.05) is 0 Å². The Bertz CT molecular complexity index is 309. The lowest BCUT2D eigenvalue weighted by Crippen LogP contribution is -2.45. The smallest absolute Gasteiger partial charge is 0.215 e. The van der Waals surface area contributed by atoms with Crippen molar-refractivity contribution in [2.75, 3.05) is 13.1 Å². The molecule has 3 atom stereocenters. The summed E-state index contributed by atoms with van der Waals surface area (Å²) in [7, 11) is -3.08. The van der Waals surface area contributed by atoms with E-state index < -0.39 is 10.0 Å². The van der Waals surface area contributed by atoms with Crippen molar-refractivity contribution >= 4 is 10.0 Å². The number of piperidine rings is 1. The highest BCUT2D eigenvalue weighted by Crippen LogP contribution is 2.34. The van der Waals surface area contributed by atoms with Gasteiger partial charge in [-0.3, -0.25) is 0 Å². The molecule has 0 bridgehead atoms. The standard InChI is InChI=1S/C10H20N2O2S/c1-2-8-6-10(8)12-15(13,14)9-4-3-5-11-7-9/h8-12H,2-7H2,1H3. The summed E-state index contributed by atoms with van der Waals surface area (Å²) < 4.78 is 26.7. The Balaban J connectivity index is 1.88. The molecule has 0 spiro atoms. The molecule has 2 aliphatic rings. The van der Waals surface area contributed by atoms with E-state index in [4.69, 9.17) is 0 Å². The van der Waals surface area contributed by atoms with Crippen LogP contribution >= 0.6 is 0 Å². The molecule has 5 heteroatoms. The molecule has 0 aromatic carbocycles. The van der Waals surface area contributed by atoms with E-state index in [2.05, 4.69) is 17.0 Å². The summed E-state index contributed by atoms with van der Waals surface area (Å²) in [5, 5.41) is 2.92. The van der Waals surface area contributed by atoms with Gasteiger partial charge in [0.15, 0.2) is 0 Å². The maximum Gasteiger partial charge on any atom is 0.215 e. The Morgan fingerprint density at radius 3 is 2.80 bits per heavy atom. The van der Waals surface area contributed by atoms with Gasteiger partial charge in [-0.2, -0.15) is 0 Å². The summed E-state index contributed by atoms with van der Waals surface area (Å²) in [4.78, 5) is 0. The van der Waals surface area contributed by atoms with E-state index in [9.17, 15) is 8.42 Å². The van der Waals surface area contributed by atoms with Gasteiger partial charge >= 0.3 is 0 Å². The Labute approximate surface area is 91.9 Å². The largest absolute Gasteiger partial charge is 0.315 e. The summed E-state index contributed by atoms with van der Waals surface area (Å²) in [6.07, 6.45) is 3.87. The third-order valence-electron chi connectivity index (χ3n) is 3.45. The summed E-state index contributed by atoms with van der Waals surface area (Å²) >= 11 is 0. The van der Waals surface area contributed by atoms with Gasteiger partial charge in [-0.25, -0.2) is 13.1 Å². The van der Waals surface area contributed by atoms with Crippen LogP contribution in [0, 0.1) is 5.92 Å². The fourth-order valence-corrected chi connectivity index (χ4v) is 3.95. The van der Waals surface area contributed by atoms with E-state index in [1.54, 1.807) is 0 Å². The zero-order chi connectivity index (χ0) is 10.9. The Morgan fingerprint density at radius 2 is 2.27 bits per heavy atom. The number of nitrogens with one attached hydrogen (secondary N) is 2. The predicted octanol–water partition coefficient (Wildman–Crippen LogP) is 0.456. The Hall–Kier alpha value is -0.130. The van der Waals surface area contributed by atoms with Crippen molar-refractivity contribution in [3.8, 4) is 0 Å². The lowest BCUT2D eigenvalue weighted by Gasteiger charge is -2.23. The van der Waals surface area contributed by atoms with E-state index in [-0.39, 0.29) is 11.3 Å². The van der Waals surface area contributed by atoms with Crippen molar-refractivity contribution in [1.29, 1.82) is 0 Å². The maximum atomic E-state index is 11.9. The van der Waals surface area contributed by atoms with Crippen LogP contribution < -0.4 is 10.0 Å². The van der Waals surface area contributed by atoms with Crippen LogP contribution in [-0.4, -0.2) is 32.8 Å². The van der Waals surface area contributed by atoms with Crippen LogP contribution in [-0.2, 0) is 10.0 Å². The molecular formula is C10H20N2O2S. The molecule has 0 aromatic rings. The highest BCUT2D eigenvalue weighted by molar-refractivity contribution is 7.90. The predicted molar refractivity (Wildman–Crippen MR) is 60.1 cm³/mol. The van der Waals surface area contributed by atoms with Crippen LogP contribution in [0.25, 0.3) is 0 Å². The highest BCUT2D eigenvalue weighted by Gasteiger charge is 2.40. The molecule has 2 fully saturated rings. The maximum absolute atomic E-state index is 11.9. The average molecular weight is 232 g/mol. The lowest BCUT2D eigenvalue weighted by molar-refractivity contribution is 0.488. The lowest BCUT2D eigenvalue weighted by atomic mass is 10.2. The van der Waals surface area contributed by atoms with Gasteiger partial charge in [0, 0.05) is 12.6 Å². The van der Waals surface area contributed by atoms with E-state index in [0.29, 0.717) is 12.5 Å². The van der Waals surface area contributed by atoms with Crippen molar-refractivity contribution in [2.45, 2.75) is 43.9 Å². The Kier molecular flexibility index (Phi) is 3.33. The van der Waals surface area contributed by atoms with Gasteiger partial charge in [0.05, 0.1) is 5.25 Å². The Morgan fingerprint density at radius 1 is 1.47 bits per heavy atom. The van der Waals surface area contributed by atoms with Crippen molar-refractivity contribution in [1.82, 2.24) is 10.0 Å². The molecule has 15 heavy (non-hydrogen) atoms. The van der Waals surface area contributed by atoms with Gasteiger partial charge < -0.3 is 5.32 Å². The fraction of sp³-hybridized carbons (Fsp3) is 1.00. The first kappa shape index (κ1) is 11.4. The second-order valence-electron chi connectivity index (χ2n) is 4.64. The quantitative estimate of drug-likeness (QED) is 0.740. The highest BCUT2D eigenvalue weighted by atomic mass is 32.2. The van der Waals surface area contributed by atoms with Crippen LogP contribution in [0.15, 0.2) is 0 Å². The topological polar surface area (TPSA) is 58.2 Å². The van der Waals surface area contributed by atoms with Gasteiger partial charge in [-0.15, -0.1) is 0 Å².